The molecule has 0 bridgehead atoms. The molecule has 1 aliphatic rings. The van der Waals surface area contributed by atoms with Gasteiger partial charge in [0.1, 0.15) is 0 Å². The third kappa shape index (κ3) is 3.07. The van der Waals surface area contributed by atoms with E-state index < -0.39 is 0 Å². The van der Waals surface area contributed by atoms with E-state index in [0.717, 1.165) is 32.5 Å². The van der Waals surface area contributed by atoms with Crippen molar-refractivity contribution in [3.05, 3.63) is 0 Å². The molecule has 12 heavy (non-hydrogen) atoms. The second-order valence-electron chi connectivity index (χ2n) is 3.62. The monoisotopic (exact) mass is 175 g/mol. The Kier molecular flexibility index (Phi) is 3.95. The van der Waals surface area contributed by atoms with Crippen LogP contribution in [0.3, 0.4) is 0 Å². The molecule has 0 aliphatic carbocycles. The molecule has 1 rings (SSSR count). The Balaban J connectivity index is 2.05. The molecule has 1 aliphatic heterocycles. The lowest BCUT2D eigenvalue weighted by Gasteiger charge is -2.23. The summed E-state index contributed by atoms with van der Waals surface area (Å²) in [5.41, 5.74) is 0.0102. The number of alkyl halides is 1. The topological polar surface area (TPSA) is 21.3 Å². The van der Waals surface area contributed by atoms with Gasteiger partial charge >= 0.3 is 0 Å². The third-order valence-electron chi connectivity index (χ3n) is 2.29. The predicted octanol–water partition coefficient (Wildman–Crippen LogP) is 1.50. The first-order chi connectivity index (χ1) is 5.77. The first-order valence-electron chi connectivity index (χ1n) is 4.67. The van der Waals surface area contributed by atoms with Gasteiger partial charge in [-0.15, -0.1) is 0 Å². The molecule has 0 saturated carbocycles. The zero-order chi connectivity index (χ0) is 8.86. The van der Waals surface area contributed by atoms with Crippen LogP contribution in [0.15, 0.2) is 0 Å². The Labute approximate surface area is 73.5 Å². The number of nitrogens with one attached hydrogen (secondary N) is 1. The van der Waals surface area contributed by atoms with E-state index in [1.807, 2.05) is 0 Å². The van der Waals surface area contributed by atoms with E-state index in [1.165, 1.54) is 0 Å². The van der Waals surface area contributed by atoms with E-state index in [2.05, 4.69) is 12.2 Å². The summed E-state index contributed by atoms with van der Waals surface area (Å²) in [5, 5.41) is 3.20. The lowest BCUT2D eigenvalue weighted by molar-refractivity contribution is 0.0209. The largest absolute Gasteiger partial charge is 0.374 e. The summed E-state index contributed by atoms with van der Waals surface area (Å²) in [6.07, 6.45) is 2.88. The lowest BCUT2D eigenvalue weighted by atomic mass is 10.0. The lowest BCUT2D eigenvalue weighted by Crippen LogP contribution is -2.37. The highest BCUT2D eigenvalue weighted by Crippen LogP contribution is 2.23. The highest BCUT2D eigenvalue weighted by molar-refractivity contribution is 4.82. The van der Waals surface area contributed by atoms with Crippen LogP contribution in [0.1, 0.15) is 26.2 Å². The van der Waals surface area contributed by atoms with E-state index in [1.54, 1.807) is 0 Å². The Morgan fingerprint density at radius 1 is 1.58 bits per heavy atom. The molecule has 0 spiro atoms. The molecule has 3 heteroatoms. The molecule has 1 N–H and O–H groups in total. The van der Waals surface area contributed by atoms with Gasteiger partial charge in [-0.2, -0.15) is 0 Å². The maximum atomic E-state index is 11.7. The van der Waals surface area contributed by atoms with E-state index in [0.29, 0.717) is 6.42 Å². The van der Waals surface area contributed by atoms with Crippen molar-refractivity contribution >= 4 is 0 Å². The second kappa shape index (κ2) is 4.77. The molecule has 0 aromatic carbocycles. The van der Waals surface area contributed by atoms with Gasteiger partial charge in [-0.25, -0.2) is 0 Å². The summed E-state index contributed by atoms with van der Waals surface area (Å²) in [6, 6.07) is 0. The van der Waals surface area contributed by atoms with Gasteiger partial charge in [-0.05, 0) is 32.7 Å². The van der Waals surface area contributed by atoms with Crippen molar-refractivity contribution in [3.63, 3.8) is 0 Å². The van der Waals surface area contributed by atoms with Crippen LogP contribution < -0.4 is 5.32 Å². The van der Waals surface area contributed by atoms with Gasteiger partial charge in [0.15, 0.2) is 0 Å². The molecule has 1 saturated heterocycles. The molecule has 1 atom stereocenters. The van der Waals surface area contributed by atoms with Crippen LogP contribution in [-0.2, 0) is 4.74 Å². The summed E-state index contributed by atoms with van der Waals surface area (Å²) in [7, 11) is 0. The fourth-order valence-corrected chi connectivity index (χ4v) is 1.52. The van der Waals surface area contributed by atoms with Crippen LogP contribution in [-0.4, -0.2) is 32.0 Å². The molecule has 2 nitrogen and oxygen atoms in total. The van der Waals surface area contributed by atoms with Crippen LogP contribution in [0.5, 0.6) is 0 Å². The van der Waals surface area contributed by atoms with E-state index in [-0.39, 0.29) is 12.3 Å². The van der Waals surface area contributed by atoms with Gasteiger partial charge < -0.3 is 10.1 Å². The van der Waals surface area contributed by atoms with Crippen molar-refractivity contribution in [1.82, 2.24) is 5.32 Å². The molecule has 1 heterocycles. The highest BCUT2D eigenvalue weighted by Gasteiger charge is 2.28. The quantitative estimate of drug-likeness (QED) is 0.639. The standard InChI is InChI=1S/C9H18FNO/c1-9(4-2-7-12-9)8-11-6-3-5-10/h11H,2-8H2,1H3. The normalized spacial score (nSPS) is 29.5. The molecule has 0 radical (unpaired) electrons. The first-order valence-corrected chi connectivity index (χ1v) is 4.67. The van der Waals surface area contributed by atoms with Crippen molar-refractivity contribution in [1.29, 1.82) is 0 Å². The zero-order valence-corrected chi connectivity index (χ0v) is 7.74. The minimum absolute atomic E-state index is 0.0102. The molecule has 0 amide bonds. The zero-order valence-electron chi connectivity index (χ0n) is 7.74. The first kappa shape index (κ1) is 9.93. The Bertz CT molecular complexity index is 124. The number of hydrogen-bond donors (Lipinski definition) is 1. The maximum absolute atomic E-state index is 11.7. The third-order valence-corrected chi connectivity index (χ3v) is 2.29. The molecular formula is C9H18FNO. The van der Waals surface area contributed by atoms with Crippen LogP contribution in [0.25, 0.3) is 0 Å². The van der Waals surface area contributed by atoms with E-state index in [9.17, 15) is 4.39 Å². The van der Waals surface area contributed by atoms with Crippen molar-refractivity contribution in [2.75, 3.05) is 26.4 Å². The van der Waals surface area contributed by atoms with Gasteiger partial charge in [-0.1, -0.05) is 0 Å². The summed E-state index contributed by atoms with van der Waals surface area (Å²) < 4.78 is 17.3. The van der Waals surface area contributed by atoms with E-state index in [4.69, 9.17) is 4.74 Å². The van der Waals surface area contributed by atoms with E-state index >= 15 is 0 Å². The van der Waals surface area contributed by atoms with Gasteiger partial charge in [0.05, 0.1) is 12.3 Å². The molecule has 1 fully saturated rings. The van der Waals surface area contributed by atoms with Gasteiger partial charge in [0, 0.05) is 13.2 Å². The van der Waals surface area contributed by atoms with Crippen LogP contribution in [0.2, 0.25) is 0 Å². The van der Waals surface area contributed by atoms with Crippen LogP contribution in [0, 0.1) is 0 Å². The summed E-state index contributed by atoms with van der Waals surface area (Å²) in [6.45, 7) is 4.37. The Morgan fingerprint density at radius 3 is 3.00 bits per heavy atom. The second-order valence-corrected chi connectivity index (χ2v) is 3.62. The summed E-state index contributed by atoms with van der Waals surface area (Å²) >= 11 is 0. The highest BCUT2D eigenvalue weighted by atomic mass is 19.1. The number of hydrogen-bond acceptors (Lipinski definition) is 2. The van der Waals surface area contributed by atoms with Crippen molar-refractivity contribution < 1.29 is 9.13 Å². The predicted molar refractivity (Wildman–Crippen MR) is 47.1 cm³/mol. The fourth-order valence-electron chi connectivity index (χ4n) is 1.52. The Morgan fingerprint density at radius 2 is 2.42 bits per heavy atom. The fraction of sp³-hybridized carbons (Fsp3) is 1.00. The average Bonchev–Trinajstić information content (AvgIpc) is 2.47. The SMILES string of the molecule is CC1(CNCCCF)CCCO1. The smallest absolute Gasteiger partial charge is 0.0906 e. The Hall–Kier alpha value is -0.150. The summed E-state index contributed by atoms with van der Waals surface area (Å²) in [4.78, 5) is 0. The van der Waals surface area contributed by atoms with Gasteiger partial charge in [0.2, 0.25) is 0 Å². The maximum Gasteiger partial charge on any atom is 0.0906 e. The number of rotatable bonds is 5. The van der Waals surface area contributed by atoms with Crippen molar-refractivity contribution in [3.8, 4) is 0 Å². The van der Waals surface area contributed by atoms with Gasteiger partial charge in [-0.3, -0.25) is 4.39 Å². The molecule has 1 unspecified atom stereocenters. The summed E-state index contributed by atoms with van der Waals surface area (Å²) in [5.74, 6) is 0. The van der Waals surface area contributed by atoms with Crippen LogP contribution in [0.4, 0.5) is 4.39 Å². The van der Waals surface area contributed by atoms with Crippen LogP contribution >= 0.6 is 0 Å². The van der Waals surface area contributed by atoms with Gasteiger partial charge in [0.25, 0.3) is 0 Å². The minimum atomic E-state index is -0.232. The van der Waals surface area contributed by atoms with Crippen molar-refractivity contribution in [2.45, 2.75) is 31.8 Å². The minimum Gasteiger partial charge on any atom is -0.374 e. The average molecular weight is 175 g/mol. The number of halogens is 1. The number of ether oxygens (including phenoxy) is 1. The molecule has 72 valence electrons. The molecule has 0 aromatic heterocycles. The molecular weight excluding hydrogens is 157 g/mol. The van der Waals surface area contributed by atoms with Crippen molar-refractivity contribution in [2.24, 2.45) is 0 Å². The molecule has 0 aromatic rings.